The Morgan fingerprint density at radius 2 is 1.74 bits per heavy atom. The van der Waals surface area contributed by atoms with E-state index in [1.54, 1.807) is 48.3 Å². The lowest BCUT2D eigenvalue weighted by molar-refractivity contribution is -0.761. The smallest absolute Gasteiger partial charge is 0.334 e. The molecule has 43 heavy (non-hydrogen) atoms. The zero-order valence-electron chi connectivity index (χ0n) is 23.6. The minimum atomic E-state index is -0.940. The summed E-state index contributed by atoms with van der Waals surface area (Å²) in [6, 6.07) is 16.7. The number of rotatable bonds is 9. The fourth-order valence-electron chi connectivity index (χ4n) is 5.32. The average molecular weight is 596 g/mol. The van der Waals surface area contributed by atoms with Crippen LogP contribution in [-0.4, -0.2) is 87.5 Å². The van der Waals surface area contributed by atoms with Gasteiger partial charge in [0.1, 0.15) is 22.3 Å². The molecule has 2 heterocycles. The Bertz CT molecular complexity index is 1460. The molecule has 2 saturated heterocycles. The molecule has 5 rings (SSSR count). The third kappa shape index (κ3) is 7.07. The Morgan fingerprint density at radius 3 is 2.47 bits per heavy atom. The third-order valence-electron chi connectivity index (χ3n) is 7.43. The number of benzene rings is 3. The molecule has 0 unspecified atom stereocenters. The second-order valence-corrected chi connectivity index (χ2v) is 10.5. The number of urea groups is 1. The molecular formula is C30H33F2N6O5+. The van der Waals surface area contributed by atoms with E-state index in [9.17, 15) is 28.4 Å². The lowest BCUT2D eigenvalue weighted by Crippen LogP contribution is -2.76. The van der Waals surface area contributed by atoms with Gasteiger partial charge in [-0.1, -0.05) is 36.4 Å². The summed E-state index contributed by atoms with van der Waals surface area (Å²) in [6.07, 6.45) is -0.684. The van der Waals surface area contributed by atoms with Gasteiger partial charge in [-0.25, -0.2) is 18.6 Å². The first-order valence-electron chi connectivity index (χ1n) is 13.8. The normalized spacial score (nSPS) is 19.0. The van der Waals surface area contributed by atoms with Gasteiger partial charge in [0.05, 0.1) is 24.7 Å². The van der Waals surface area contributed by atoms with E-state index in [4.69, 9.17) is 4.74 Å². The molecule has 11 nitrogen and oxygen atoms in total. The number of piperazine rings is 1. The number of carbonyl (C=O) groups is 2. The van der Waals surface area contributed by atoms with Crippen LogP contribution in [0.15, 0.2) is 72.8 Å². The van der Waals surface area contributed by atoms with Gasteiger partial charge in [-0.3, -0.25) is 4.79 Å². The van der Waals surface area contributed by atoms with Crippen LogP contribution in [0.25, 0.3) is 0 Å². The average Bonchev–Trinajstić information content (AvgIpc) is 2.98. The van der Waals surface area contributed by atoms with E-state index < -0.39 is 18.2 Å². The number of ether oxygens (including phenoxy) is 1. The first kappa shape index (κ1) is 29.9. The van der Waals surface area contributed by atoms with Crippen LogP contribution in [-0.2, 0) is 29.1 Å². The van der Waals surface area contributed by atoms with Crippen LogP contribution in [0, 0.1) is 16.5 Å². The van der Waals surface area contributed by atoms with Gasteiger partial charge < -0.3 is 20.1 Å². The Labute approximate surface area is 247 Å². The van der Waals surface area contributed by atoms with Gasteiger partial charge in [0, 0.05) is 26.6 Å². The molecule has 226 valence electrons. The van der Waals surface area contributed by atoms with Crippen molar-refractivity contribution < 1.29 is 33.1 Å². The van der Waals surface area contributed by atoms with Crippen LogP contribution in [0.3, 0.4) is 0 Å². The lowest BCUT2D eigenvalue weighted by Gasteiger charge is -2.49. The summed E-state index contributed by atoms with van der Waals surface area (Å²) in [5, 5.41) is 16.8. The van der Waals surface area contributed by atoms with Crippen molar-refractivity contribution in [1.29, 1.82) is 0 Å². The van der Waals surface area contributed by atoms with Crippen LogP contribution in [0.4, 0.5) is 13.6 Å². The van der Waals surface area contributed by atoms with Gasteiger partial charge in [-0.2, -0.15) is 5.01 Å². The SMILES string of the molecule is CN1C[N+](=O)N2[C@H](CN(CCOCc3cccc(F)c3)C(=O)[C@@H]2Cc2ccc(O)cc2)N1C(=O)NCc1ccc(F)cc1. The summed E-state index contributed by atoms with van der Waals surface area (Å²) in [5.74, 6) is -0.993. The van der Waals surface area contributed by atoms with Crippen LogP contribution in [0.5, 0.6) is 5.75 Å². The Morgan fingerprint density at radius 1 is 1.02 bits per heavy atom. The number of phenolic OH excluding ortho intramolecular Hbond substituents is 1. The van der Waals surface area contributed by atoms with Gasteiger partial charge in [-0.05, 0) is 53.1 Å². The van der Waals surface area contributed by atoms with Crippen molar-refractivity contribution in [2.75, 3.05) is 33.4 Å². The number of carbonyl (C=O) groups excluding carboxylic acids is 2. The highest BCUT2D eigenvalue weighted by molar-refractivity contribution is 5.83. The number of halogens is 2. The number of hydrogen-bond donors (Lipinski definition) is 2. The number of hydrazine groups is 2. The highest BCUT2D eigenvalue weighted by Crippen LogP contribution is 2.28. The van der Waals surface area contributed by atoms with Crippen LogP contribution in [0.2, 0.25) is 0 Å². The van der Waals surface area contributed by atoms with Crippen molar-refractivity contribution in [1.82, 2.24) is 25.2 Å². The summed E-state index contributed by atoms with van der Waals surface area (Å²) in [5.41, 5.74) is 2.07. The number of nitrogens with one attached hydrogen (secondary N) is 1. The highest BCUT2D eigenvalue weighted by atomic mass is 19.1. The minimum Gasteiger partial charge on any atom is -0.508 e. The topological polar surface area (TPSA) is 109 Å². The van der Waals surface area contributed by atoms with Crippen molar-refractivity contribution >= 4 is 11.9 Å². The summed E-state index contributed by atoms with van der Waals surface area (Å²) < 4.78 is 32.6. The first-order chi connectivity index (χ1) is 20.7. The van der Waals surface area contributed by atoms with Gasteiger partial charge in [0.15, 0.2) is 12.2 Å². The third-order valence-corrected chi connectivity index (χ3v) is 7.43. The quantitative estimate of drug-likeness (QED) is 0.289. The lowest BCUT2D eigenvalue weighted by atomic mass is 10.0. The molecule has 2 aliphatic rings. The number of nitrogens with zero attached hydrogens (tertiary/aromatic N) is 5. The molecule has 0 aliphatic carbocycles. The van der Waals surface area contributed by atoms with Crippen molar-refractivity contribution in [3.05, 3.63) is 106 Å². The van der Waals surface area contributed by atoms with Crippen molar-refractivity contribution in [3.63, 3.8) is 0 Å². The molecule has 0 radical (unpaired) electrons. The molecule has 13 heteroatoms. The summed E-state index contributed by atoms with van der Waals surface area (Å²) >= 11 is 0. The standard InChI is InChI=1S/C30H32F2N6O5/c1-34-20-36(42)37-27(16-21-7-11-26(39)12-8-21)29(40)35(13-14-43-19-23-3-2-4-25(32)15-23)18-28(37)38(34)30(41)33-17-22-5-9-24(31)10-6-22/h2-12,15,27-28H,13-14,16-20H2,1H3,(H-,33,39,41)/p+1/t27-,28-/m0/s1. The molecular weight excluding hydrogens is 562 g/mol. The molecule has 2 aliphatic heterocycles. The van der Waals surface area contributed by atoms with Crippen LogP contribution >= 0.6 is 0 Å². The van der Waals surface area contributed by atoms with Crippen molar-refractivity contribution in [2.45, 2.75) is 31.8 Å². The zero-order valence-corrected chi connectivity index (χ0v) is 23.6. The Balaban J connectivity index is 1.35. The predicted octanol–water partition coefficient (Wildman–Crippen LogP) is 2.99. The highest BCUT2D eigenvalue weighted by Gasteiger charge is 2.55. The molecule has 3 amide bonds. The monoisotopic (exact) mass is 595 g/mol. The van der Waals surface area contributed by atoms with E-state index in [-0.39, 0.29) is 69.2 Å². The number of amides is 3. The molecule has 0 saturated carbocycles. The summed E-state index contributed by atoms with van der Waals surface area (Å²) in [6.45, 7) is 0.441. The zero-order chi connectivity index (χ0) is 30.5. The van der Waals surface area contributed by atoms with E-state index in [0.717, 1.165) is 5.56 Å². The predicted molar refractivity (Wildman–Crippen MR) is 151 cm³/mol. The summed E-state index contributed by atoms with van der Waals surface area (Å²) in [7, 11) is 1.61. The second kappa shape index (κ2) is 13.1. The molecule has 2 fully saturated rings. The van der Waals surface area contributed by atoms with E-state index in [0.29, 0.717) is 16.0 Å². The molecule has 2 atom stereocenters. The molecule has 0 bridgehead atoms. The largest absolute Gasteiger partial charge is 0.508 e. The minimum absolute atomic E-state index is 0.0291. The van der Waals surface area contributed by atoms with Crippen molar-refractivity contribution in [3.8, 4) is 5.75 Å². The van der Waals surface area contributed by atoms with Gasteiger partial charge in [0.25, 0.3) is 12.6 Å². The first-order valence-corrected chi connectivity index (χ1v) is 13.8. The Hall–Kier alpha value is -4.62. The number of fused-ring (bicyclic) bond motifs is 1. The molecule has 0 aromatic heterocycles. The van der Waals surface area contributed by atoms with E-state index in [1.807, 2.05) is 0 Å². The maximum atomic E-state index is 13.8. The second-order valence-electron chi connectivity index (χ2n) is 10.5. The van der Waals surface area contributed by atoms with Gasteiger partial charge in [-0.15, -0.1) is 5.01 Å². The van der Waals surface area contributed by atoms with Crippen molar-refractivity contribution in [2.24, 2.45) is 0 Å². The maximum Gasteiger partial charge on any atom is 0.334 e. The fraction of sp³-hybridized carbons (Fsp3) is 0.333. The number of phenols is 1. The Kier molecular flexibility index (Phi) is 9.12. The van der Waals surface area contributed by atoms with E-state index in [1.165, 1.54) is 51.4 Å². The number of nitroso groups, excluding NO2 is 1. The van der Waals surface area contributed by atoms with Gasteiger partial charge in [0.2, 0.25) is 0 Å². The number of hydrogen-bond acceptors (Lipinski definition) is 6. The maximum absolute atomic E-state index is 13.8. The molecule has 3 aromatic rings. The van der Waals surface area contributed by atoms with Gasteiger partial charge >= 0.3 is 6.03 Å². The molecule has 0 spiro atoms. The van der Waals surface area contributed by atoms with Crippen LogP contribution in [0.1, 0.15) is 16.7 Å². The molecule has 3 aromatic carbocycles. The van der Waals surface area contributed by atoms with E-state index in [2.05, 4.69) is 5.32 Å². The molecule has 2 N–H and O–H groups in total. The number of aromatic hydroxyl groups is 1. The van der Waals surface area contributed by atoms with Crippen LogP contribution < -0.4 is 5.32 Å². The fourth-order valence-corrected chi connectivity index (χ4v) is 5.32. The van der Waals surface area contributed by atoms with E-state index >= 15 is 0 Å². The summed E-state index contributed by atoms with van der Waals surface area (Å²) in [4.78, 5) is 42.9.